The molecule has 1 aromatic carbocycles. The molecule has 0 unspecified atom stereocenters. The van der Waals surface area contributed by atoms with Gasteiger partial charge >= 0.3 is 0 Å². The molecule has 1 N–H and O–H groups in total. The predicted octanol–water partition coefficient (Wildman–Crippen LogP) is 1.81. The summed E-state index contributed by atoms with van der Waals surface area (Å²) in [6.07, 6.45) is 0.783. The Hall–Kier alpha value is -1.55. The van der Waals surface area contributed by atoms with Gasteiger partial charge in [0.05, 0.1) is 5.56 Å². The van der Waals surface area contributed by atoms with Gasteiger partial charge in [-0.1, -0.05) is 12.1 Å². The van der Waals surface area contributed by atoms with Crippen LogP contribution in [0.15, 0.2) is 18.2 Å². The van der Waals surface area contributed by atoms with Crippen molar-refractivity contribution in [2.24, 2.45) is 0 Å². The Bertz CT molecular complexity index is 390. The molecule has 1 rings (SSSR count). The highest BCUT2D eigenvalue weighted by Crippen LogP contribution is 2.22. The number of rotatable bonds is 5. The maximum atomic E-state index is 12.0. The van der Waals surface area contributed by atoms with Gasteiger partial charge in [0.2, 0.25) is 0 Å². The molecule has 1 amide bonds. The molecule has 0 atom stereocenters. The molecule has 0 spiro atoms. The van der Waals surface area contributed by atoms with Crippen LogP contribution in [-0.2, 0) is 4.74 Å². The van der Waals surface area contributed by atoms with E-state index >= 15 is 0 Å². The summed E-state index contributed by atoms with van der Waals surface area (Å²) in [6.45, 7) is 3.01. The minimum absolute atomic E-state index is 0.0658. The molecule has 0 saturated carbocycles. The van der Waals surface area contributed by atoms with Crippen LogP contribution >= 0.6 is 0 Å². The average molecular weight is 237 g/mol. The zero-order valence-electron chi connectivity index (χ0n) is 10.6. The van der Waals surface area contributed by atoms with Gasteiger partial charge in [-0.3, -0.25) is 4.79 Å². The molecule has 4 nitrogen and oxygen atoms in total. The minimum Gasteiger partial charge on any atom is -0.507 e. The minimum atomic E-state index is -0.165. The summed E-state index contributed by atoms with van der Waals surface area (Å²) < 4.78 is 4.93. The van der Waals surface area contributed by atoms with Crippen molar-refractivity contribution in [3.05, 3.63) is 29.3 Å². The Balaban J connectivity index is 2.71. The van der Waals surface area contributed by atoms with Crippen LogP contribution in [0, 0.1) is 6.92 Å². The van der Waals surface area contributed by atoms with E-state index in [0.29, 0.717) is 24.3 Å². The summed E-state index contributed by atoms with van der Waals surface area (Å²) in [5, 5.41) is 9.82. The third-order valence-corrected chi connectivity index (χ3v) is 2.66. The predicted molar refractivity (Wildman–Crippen MR) is 66.3 cm³/mol. The van der Waals surface area contributed by atoms with E-state index in [-0.39, 0.29) is 11.7 Å². The van der Waals surface area contributed by atoms with Crippen LogP contribution < -0.4 is 0 Å². The second-order valence-electron chi connectivity index (χ2n) is 4.04. The van der Waals surface area contributed by atoms with Gasteiger partial charge in [0.15, 0.2) is 0 Å². The first-order chi connectivity index (χ1) is 8.07. The number of carbonyl (C=O) groups is 1. The van der Waals surface area contributed by atoms with E-state index in [1.807, 2.05) is 0 Å². The molecule has 4 heteroatoms. The quantitative estimate of drug-likeness (QED) is 0.794. The van der Waals surface area contributed by atoms with Crippen molar-refractivity contribution >= 4 is 5.91 Å². The van der Waals surface area contributed by atoms with Crippen molar-refractivity contribution in [1.82, 2.24) is 4.90 Å². The maximum absolute atomic E-state index is 12.0. The topological polar surface area (TPSA) is 49.8 Å². The average Bonchev–Trinajstić information content (AvgIpc) is 2.32. The molecule has 0 bridgehead atoms. The van der Waals surface area contributed by atoms with Crippen molar-refractivity contribution in [3.8, 4) is 5.75 Å². The van der Waals surface area contributed by atoms with E-state index in [1.54, 1.807) is 44.2 Å². The third kappa shape index (κ3) is 3.46. The van der Waals surface area contributed by atoms with Gasteiger partial charge < -0.3 is 14.7 Å². The van der Waals surface area contributed by atoms with Crippen molar-refractivity contribution < 1.29 is 14.6 Å². The lowest BCUT2D eigenvalue weighted by molar-refractivity contribution is 0.0776. The Morgan fingerprint density at radius 3 is 2.82 bits per heavy atom. The normalized spacial score (nSPS) is 10.3. The number of ether oxygens (including phenoxy) is 1. The SMILES string of the molecule is COCCCN(C)C(=O)c1cccc(C)c1O. The number of hydrogen-bond acceptors (Lipinski definition) is 3. The van der Waals surface area contributed by atoms with E-state index in [2.05, 4.69) is 0 Å². The Morgan fingerprint density at radius 2 is 2.18 bits per heavy atom. The summed E-state index contributed by atoms with van der Waals surface area (Å²) in [6, 6.07) is 5.18. The van der Waals surface area contributed by atoms with Crippen LogP contribution in [0.3, 0.4) is 0 Å². The highest BCUT2D eigenvalue weighted by molar-refractivity contribution is 5.97. The van der Waals surface area contributed by atoms with Crippen molar-refractivity contribution in [2.45, 2.75) is 13.3 Å². The highest BCUT2D eigenvalue weighted by Gasteiger charge is 2.16. The van der Waals surface area contributed by atoms with Gasteiger partial charge in [0, 0.05) is 27.3 Å². The lowest BCUT2D eigenvalue weighted by Crippen LogP contribution is -2.28. The standard InChI is InChI=1S/C13H19NO3/c1-10-6-4-7-11(12(10)15)13(16)14(2)8-5-9-17-3/h4,6-7,15H,5,8-9H2,1-3H3. The van der Waals surface area contributed by atoms with Gasteiger partial charge in [0.25, 0.3) is 5.91 Å². The summed E-state index contributed by atoms with van der Waals surface area (Å²) >= 11 is 0. The largest absolute Gasteiger partial charge is 0.507 e. The number of amides is 1. The Kier molecular flexibility index (Phi) is 4.97. The van der Waals surface area contributed by atoms with Crippen molar-refractivity contribution in [2.75, 3.05) is 27.3 Å². The van der Waals surface area contributed by atoms with Crippen LogP contribution in [0.5, 0.6) is 5.75 Å². The zero-order valence-corrected chi connectivity index (χ0v) is 10.6. The number of nitrogens with zero attached hydrogens (tertiary/aromatic N) is 1. The van der Waals surface area contributed by atoms with Crippen molar-refractivity contribution in [1.29, 1.82) is 0 Å². The second kappa shape index (κ2) is 6.25. The smallest absolute Gasteiger partial charge is 0.257 e. The molecule has 0 saturated heterocycles. The van der Waals surface area contributed by atoms with Crippen LogP contribution in [-0.4, -0.2) is 43.2 Å². The first-order valence-corrected chi connectivity index (χ1v) is 5.61. The Labute approximate surface area is 102 Å². The van der Waals surface area contributed by atoms with E-state index in [1.165, 1.54) is 0 Å². The molecule has 0 fully saturated rings. The van der Waals surface area contributed by atoms with E-state index in [0.717, 1.165) is 6.42 Å². The van der Waals surface area contributed by atoms with Crippen molar-refractivity contribution in [3.63, 3.8) is 0 Å². The molecule has 0 aliphatic rings. The monoisotopic (exact) mass is 237 g/mol. The number of phenols is 1. The van der Waals surface area contributed by atoms with E-state index in [9.17, 15) is 9.90 Å². The second-order valence-corrected chi connectivity index (χ2v) is 4.04. The molecule has 94 valence electrons. The number of para-hydroxylation sites is 1. The number of aryl methyl sites for hydroxylation is 1. The van der Waals surface area contributed by atoms with Crippen LogP contribution in [0.1, 0.15) is 22.3 Å². The lowest BCUT2D eigenvalue weighted by atomic mass is 10.1. The highest BCUT2D eigenvalue weighted by atomic mass is 16.5. The molecule has 0 heterocycles. The molecule has 0 radical (unpaired) electrons. The summed E-state index contributed by atoms with van der Waals surface area (Å²) in [4.78, 5) is 13.6. The molecule has 0 aromatic heterocycles. The first-order valence-electron chi connectivity index (χ1n) is 5.61. The van der Waals surface area contributed by atoms with Crippen LogP contribution in [0.25, 0.3) is 0 Å². The van der Waals surface area contributed by atoms with E-state index < -0.39 is 0 Å². The fourth-order valence-corrected chi connectivity index (χ4v) is 1.58. The molecular formula is C13H19NO3. The first kappa shape index (κ1) is 13.5. The summed E-state index contributed by atoms with van der Waals surface area (Å²) in [5.41, 5.74) is 1.06. The number of phenolic OH excluding ortho intramolecular Hbond substituents is 1. The summed E-state index contributed by atoms with van der Waals surface area (Å²) in [7, 11) is 3.36. The number of aromatic hydroxyl groups is 1. The third-order valence-electron chi connectivity index (χ3n) is 2.66. The fourth-order valence-electron chi connectivity index (χ4n) is 1.58. The number of benzene rings is 1. The zero-order chi connectivity index (χ0) is 12.8. The Morgan fingerprint density at radius 1 is 1.47 bits per heavy atom. The maximum Gasteiger partial charge on any atom is 0.257 e. The molecule has 17 heavy (non-hydrogen) atoms. The number of methoxy groups -OCH3 is 1. The van der Waals surface area contributed by atoms with Crippen LogP contribution in [0.2, 0.25) is 0 Å². The van der Waals surface area contributed by atoms with Gasteiger partial charge in [-0.15, -0.1) is 0 Å². The summed E-state index contributed by atoms with van der Waals surface area (Å²) in [5.74, 6) is -0.0987. The molecule has 0 aliphatic heterocycles. The fraction of sp³-hybridized carbons (Fsp3) is 0.462. The lowest BCUT2D eigenvalue weighted by Gasteiger charge is -2.18. The van der Waals surface area contributed by atoms with Gasteiger partial charge in [0.1, 0.15) is 5.75 Å². The van der Waals surface area contributed by atoms with Gasteiger partial charge in [-0.05, 0) is 25.0 Å². The van der Waals surface area contributed by atoms with E-state index in [4.69, 9.17) is 4.74 Å². The molecule has 1 aromatic rings. The van der Waals surface area contributed by atoms with Crippen LogP contribution in [0.4, 0.5) is 0 Å². The van der Waals surface area contributed by atoms with Gasteiger partial charge in [-0.2, -0.15) is 0 Å². The molecular weight excluding hydrogens is 218 g/mol. The van der Waals surface area contributed by atoms with Gasteiger partial charge in [-0.25, -0.2) is 0 Å². The number of carbonyl (C=O) groups excluding carboxylic acids is 1. The molecule has 0 aliphatic carbocycles. The number of hydrogen-bond donors (Lipinski definition) is 1.